The van der Waals surface area contributed by atoms with Gasteiger partial charge < -0.3 is 30.7 Å². The molecule has 4 N–H and O–H groups in total. The Morgan fingerprint density at radius 1 is 0.724 bits per heavy atom. The molecule has 0 aromatic heterocycles. The highest BCUT2D eigenvalue weighted by atomic mass is 16.5. The SMILES string of the molecule is COc1ccc(C2CC3(CC(c4ccc(OC)cc4)NC(=O)N3)NC(=O)N2)cc1. The summed E-state index contributed by atoms with van der Waals surface area (Å²) in [4.78, 5) is 24.9. The second-order valence-corrected chi connectivity index (χ2v) is 7.34. The van der Waals surface area contributed by atoms with E-state index in [4.69, 9.17) is 9.47 Å². The second-order valence-electron chi connectivity index (χ2n) is 7.34. The minimum atomic E-state index is -0.847. The lowest BCUT2D eigenvalue weighted by Gasteiger charge is -2.47. The third-order valence-electron chi connectivity index (χ3n) is 5.46. The van der Waals surface area contributed by atoms with Gasteiger partial charge in [-0.05, 0) is 35.4 Å². The van der Waals surface area contributed by atoms with Crippen molar-refractivity contribution in [2.75, 3.05) is 14.2 Å². The molecule has 2 aliphatic rings. The van der Waals surface area contributed by atoms with Gasteiger partial charge >= 0.3 is 12.1 Å². The predicted octanol–water partition coefficient (Wildman–Crippen LogP) is 2.59. The number of amides is 4. The number of methoxy groups -OCH3 is 2. The molecule has 2 aliphatic heterocycles. The molecule has 8 heteroatoms. The van der Waals surface area contributed by atoms with Gasteiger partial charge in [0, 0.05) is 12.8 Å². The number of hydrogen-bond donors (Lipinski definition) is 4. The van der Waals surface area contributed by atoms with Gasteiger partial charge in [-0.3, -0.25) is 0 Å². The van der Waals surface area contributed by atoms with Gasteiger partial charge in [0.15, 0.2) is 0 Å². The molecule has 0 bridgehead atoms. The molecule has 4 amide bonds. The van der Waals surface area contributed by atoms with Gasteiger partial charge in [-0.15, -0.1) is 0 Å². The lowest BCUT2D eigenvalue weighted by Crippen LogP contribution is -2.72. The highest BCUT2D eigenvalue weighted by molar-refractivity contribution is 5.81. The topological polar surface area (TPSA) is 101 Å². The Kier molecular flexibility index (Phi) is 4.92. The van der Waals surface area contributed by atoms with Crippen LogP contribution in [-0.2, 0) is 0 Å². The molecule has 2 aromatic carbocycles. The van der Waals surface area contributed by atoms with E-state index in [0.29, 0.717) is 12.8 Å². The Labute approximate surface area is 169 Å². The van der Waals surface area contributed by atoms with Gasteiger partial charge in [-0.25, -0.2) is 9.59 Å². The monoisotopic (exact) mass is 396 g/mol. The van der Waals surface area contributed by atoms with E-state index in [0.717, 1.165) is 22.6 Å². The molecule has 2 saturated heterocycles. The fourth-order valence-electron chi connectivity index (χ4n) is 4.02. The summed E-state index contributed by atoms with van der Waals surface area (Å²) in [5.74, 6) is 1.50. The first-order valence-electron chi connectivity index (χ1n) is 9.45. The Balaban J connectivity index is 1.58. The summed E-state index contributed by atoms with van der Waals surface area (Å²) in [6, 6.07) is 14.0. The Bertz CT molecular complexity index is 822. The van der Waals surface area contributed by atoms with Gasteiger partial charge in [-0.1, -0.05) is 24.3 Å². The van der Waals surface area contributed by atoms with Crippen molar-refractivity contribution >= 4 is 12.1 Å². The third kappa shape index (κ3) is 3.91. The lowest BCUT2D eigenvalue weighted by atomic mass is 9.84. The molecular formula is C21H24N4O4. The van der Waals surface area contributed by atoms with Crippen LogP contribution in [0.2, 0.25) is 0 Å². The largest absolute Gasteiger partial charge is 0.497 e. The van der Waals surface area contributed by atoms with Crippen LogP contribution in [0.1, 0.15) is 36.1 Å². The number of rotatable bonds is 4. The average Bonchev–Trinajstić information content (AvgIpc) is 2.72. The van der Waals surface area contributed by atoms with Crippen LogP contribution in [0.25, 0.3) is 0 Å². The fourth-order valence-corrected chi connectivity index (χ4v) is 4.02. The first-order valence-corrected chi connectivity index (χ1v) is 9.45. The quantitative estimate of drug-likeness (QED) is 0.638. The zero-order valence-corrected chi connectivity index (χ0v) is 16.3. The Morgan fingerprint density at radius 2 is 1.10 bits per heavy atom. The highest BCUT2D eigenvalue weighted by Gasteiger charge is 2.46. The number of carbonyl (C=O) groups is 2. The minimum absolute atomic E-state index is 0.232. The predicted molar refractivity (Wildman–Crippen MR) is 107 cm³/mol. The van der Waals surface area contributed by atoms with E-state index in [1.165, 1.54) is 0 Å². The molecule has 0 aliphatic carbocycles. The van der Waals surface area contributed by atoms with Gasteiger partial charge in [-0.2, -0.15) is 0 Å². The van der Waals surface area contributed by atoms with Crippen LogP contribution in [0.4, 0.5) is 9.59 Å². The zero-order chi connectivity index (χ0) is 20.4. The molecule has 2 unspecified atom stereocenters. The molecule has 0 radical (unpaired) electrons. The van der Waals surface area contributed by atoms with Crippen molar-refractivity contribution in [1.82, 2.24) is 21.3 Å². The van der Waals surface area contributed by atoms with Crippen molar-refractivity contribution in [3.63, 3.8) is 0 Å². The Hall–Kier alpha value is -3.42. The average molecular weight is 396 g/mol. The normalized spacial score (nSPS) is 26.0. The van der Waals surface area contributed by atoms with Crippen molar-refractivity contribution in [2.45, 2.75) is 30.6 Å². The number of urea groups is 2. The fraction of sp³-hybridized carbons (Fsp3) is 0.333. The van der Waals surface area contributed by atoms with E-state index in [1.807, 2.05) is 48.5 Å². The summed E-state index contributed by atoms with van der Waals surface area (Å²) in [7, 11) is 3.22. The third-order valence-corrected chi connectivity index (χ3v) is 5.46. The number of nitrogens with one attached hydrogen (secondary N) is 4. The van der Waals surface area contributed by atoms with E-state index in [2.05, 4.69) is 21.3 Å². The molecule has 0 saturated carbocycles. The molecule has 2 atom stereocenters. The zero-order valence-electron chi connectivity index (χ0n) is 16.3. The molecule has 2 heterocycles. The number of benzene rings is 2. The van der Waals surface area contributed by atoms with Crippen molar-refractivity contribution in [3.8, 4) is 11.5 Å². The molecule has 1 spiro atoms. The first-order chi connectivity index (χ1) is 14.0. The van der Waals surface area contributed by atoms with Gasteiger partial charge in [0.1, 0.15) is 17.2 Å². The van der Waals surface area contributed by atoms with E-state index in [9.17, 15) is 9.59 Å². The van der Waals surface area contributed by atoms with Crippen LogP contribution in [0.3, 0.4) is 0 Å². The van der Waals surface area contributed by atoms with Crippen LogP contribution in [0.5, 0.6) is 11.5 Å². The first kappa shape index (κ1) is 18.9. The number of hydrogen-bond acceptors (Lipinski definition) is 4. The molecular weight excluding hydrogens is 372 g/mol. The lowest BCUT2D eigenvalue weighted by molar-refractivity contribution is 0.130. The summed E-state index contributed by atoms with van der Waals surface area (Å²) >= 11 is 0. The molecule has 29 heavy (non-hydrogen) atoms. The summed E-state index contributed by atoms with van der Waals surface area (Å²) in [6.07, 6.45) is 1.04. The second kappa shape index (κ2) is 7.54. The van der Waals surface area contributed by atoms with E-state index < -0.39 is 5.66 Å². The maximum absolute atomic E-state index is 12.4. The maximum atomic E-state index is 12.4. The van der Waals surface area contributed by atoms with Gasteiger partial charge in [0.05, 0.1) is 26.3 Å². The molecule has 2 aromatic rings. The summed E-state index contributed by atoms with van der Waals surface area (Å²) in [5, 5.41) is 11.8. The standard InChI is InChI=1S/C21H24N4O4/c1-28-15-7-3-13(4-8-15)17-11-21(24-19(26)22-17)12-18(23-20(27)25-21)14-5-9-16(29-2)10-6-14/h3-10,17-18H,11-12H2,1-2H3,(H2,22,24,26)(H2,23,25,27). The molecule has 8 nitrogen and oxygen atoms in total. The van der Waals surface area contributed by atoms with Crippen LogP contribution >= 0.6 is 0 Å². The smallest absolute Gasteiger partial charge is 0.317 e. The van der Waals surface area contributed by atoms with Crippen molar-refractivity contribution < 1.29 is 19.1 Å². The summed E-state index contributed by atoms with van der Waals surface area (Å²) in [6.45, 7) is 0. The van der Waals surface area contributed by atoms with E-state index in [-0.39, 0.29) is 24.1 Å². The molecule has 152 valence electrons. The van der Waals surface area contributed by atoms with Crippen molar-refractivity contribution in [1.29, 1.82) is 0 Å². The van der Waals surface area contributed by atoms with Gasteiger partial charge in [0.2, 0.25) is 0 Å². The van der Waals surface area contributed by atoms with Crippen molar-refractivity contribution in [2.24, 2.45) is 0 Å². The van der Waals surface area contributed by atoms with E-state index >= 15 is 0 Å². The number of carbonyl (C=O) groups excluding carboxylic acids is 2. The minimum Gasteiger partial charge on any atom is -0.497 e. The molecule has 2 fully saturated rings. The Morgan fingerprint density at radius 3 is 1.45 bits per heavy atom. The molecule has 4 rings (SSSR count). The van der Waals surface area contributed by atoms with Gasteiger partial charge in [0.25, 0.3) is 0 Å². The van der Waals surface area contributed by atoms with E-state index in [1.54, 1.807) is 14.2 Å². The maximum Gasteiger partial charge on any atom is 0.317 e. The van der Waals surface area contributed by atoms with Crippen LogP contribution in [0.15, 0.2) is 48.5 Å². The summed E-state index contributed by atoms with van der Waals surface area (Å²) in [5.41, 5.74) is 1.06. The van der Waals surface area contributed by atoms with Crippen LogP contribution < -0.4 is 30.7 Å². The number of ether oxygens (including phenoxy) is 2. The van der Waals surface area contributed by atoms with Crippen LogP contribution in [-0.4, -0.2) is 31.9 Å². The van der Waals surface area contributed by atoms with Crippen molar-refractivity contribution in [3.05, 3.63) is 59.7 Å². The summed E-state index contributed by atoms with van der Waals surface area (Å²) < 4.78 is 10.4. The highest BCUT2D eigenvalue weighted by Crippen LogP contribution is 2.35. The van der Waals surface area contributed by atoms with Crippen LogP contribution in [0, 0.1) is 0 Å².